The summed E-state index contributed by atoms with van der Waals surface area (Å²) in [4.78, 5) is 3.40. The van der Waals surface area contributed by atoms with Crippen LogP contribution in [-0.4, -0.2) is 45.2 Å². The molecule has 0 unspecified atom stereocenters. The largest absolute Gasteiger partial charge is 0.389 e. The molecule has 1 aliphatic heterocycles. The first kappa shape index (κ1) is 20.8. The number of nitrogens with zero attached hydrogens (tertiary/aromatic N) is 1. The standard InChI is InChI=1S/C20H28ClNOS2/c1-2-3-12-25-13-11-22-18(8-10-20(22)24)7-9-19(23)15-16-5-4-6-17(21)14-16/h4-7,9,14,18-19,23H,2-3,8,10-13,15H2,1H3/b9-7+/t18-,19+/m0/s1. The van der Waals surface area contributed by atoms with E-state index in [9.17, 15) is 5.11 Å². The van der Waals surface area contributed by atoms with E-state index in [2.05, 4.69) is 17.9 Å². The van der Waals surface area contributed by atoms with Crippen LogP contribution in [0.15, 0.2) is 36.4 Å². The lowest BCUT2D eigenvalue weighted by molar-refractivity contribution is 0.222. The minimum atomic E-state index is -0.492. The Balaban J connectivity index is 1.82. The van der Waals surface area contributed by atoms with Gasteiger partial charge in [0.2, 0.25) is 0 Å². The molecule has 1 saturated heterocycles. The number of hydrogen-bond donors (Lipinski definition) is 1. The van der Waals surface area contributed by atoms with Crippen molar-refractivity contribution >= 4 is 40.6 Å². The minimum Gasteiger partial charge on any atom is -0.389 e. The monoisotopic (exact) mass is 397 g/mol. The molecule has 1 N–H and O–H groups in total. The van der Waals surface area contributed by atoms with E-state index < -0.39 is 6.10 Å². The topological polar surface area (TPSA) is 23.5 Å². The second-order valence-electron chi connectivity index (χ2n) is 6.45. The number of halogens is 1. The second kappa shape index (κ2) is 11.2. The molecule has 2 nitrogen and oxygen atoms in total. The van der Waals surface area contributed by atoms with Crippen LogP contribution in [0.1, 0.15) is 38.2 Å². The molecule has 0 aromatic heterocycles. The number of aliphatic hydroxyl groups excluding tert-OH is 1. The van der Waals surface area contributed by atoms with E-state index in [-0.39, 0.29) is 0 Å². The summed E-state index contributed by atoms with van der Waals surface area (Å²) in [6.45, 7) is 3.23. The zero-order valence-corrected chi connectivity index (χ0v) is 17.3. The summed E-state index contributed by atoms with van der Waals surface area (Å²) >= 11 is 13.5. The Labute approximate surface area is 166 Å². The highest BCUT2D eigenvalue weighted by molar-refractivity contribution is 7.99. The van der Waals surface area contributed by atoms with Crippen LogP contribution < -0.4 is 0 Å². The molecule has 138 valence electrons. The molecule has 0 amide bonds. The maximum Gasteiger partial charge on any atom is 0.0785 e. The predicted molar refractivity (Wildman–Crippen MR) is 115 cm³/mol. The van der Waals surface area contributed by atoms with Gasteiger partial charge in [-0.2, -0.15) is 11.8 Å². The van der Waals surface area contributed by atoms with Crippen LogP contribution in [0.4, 0.5) is 0 Å². The molecule has 2 rings (SSSR count). The third kappa shape index (κ3) is 7.30. The number of rotatable bonds is 10. The highest BCUT2D eigenvalue weighted by Gasteiger charge is 2.25. The smallest absolute Gasteiger partial charge is 0.0785 e. The molecule has 1 aromatic carbocycles. The molecular weight excluding hydrogens is 370 g/mol. The molecule has 0 bridgehead atoms. The first-order valence-corrected chi connectivity index (χ1v) is 11.0. The Morgan fingerprint density at radius 2 is 2.28 bits per heavy atom. The Morgan fingerprint density at radius 1 is 1.44 bits per heavy atom. The fraction of sp³-hybridized carbons (Fsp3) is 0.550. The molecule has 0 radical (unpaired) electrons. The lowest BCUT2D eigenvalue weighted by atomic mass is 10.1. The molecule has 2 atom stereocenters. The third-order valence-electron chi connectivity index (χ3n) is 4.38. The van der Waals surface area contributed by atoms with Gasteiger partial charge in [-0.1, -0.05) is 61.4 Å². The maximum absolute atomic E-state index is 10.3. The van der Waals surface area contributed by atoms with Gasteiger partial charge in [0.15, 0.2) is 0 Å². The van der Waals surface area contributed by atoms with Crippen molar-refractivity contribution in [3.8, 4) is 0 Å². The number of hydrogen-bond acceptors (Lipinski definition) is 3. The van der Waals surface area contributed by atoms with Crippen LogP contribution in [0.2, 0.25) is 5.02 Å². The zero-order valence-electron chi connectivity index (χ0n) is 14.9. The van der Waals surface area contributed by atoms with Gasteiger partial charge in [0.05, 0.1) is 11.1 Å². The van der Waals surface area contributed by atoms with Crippen LogP contribution >= 0.6 is 35.6 Å². The third-order valence-corrected chi connectivity index (χ3v) is 6.11. The molecule has 1 aliphatic rings. The normalized spacial score (nSPS) is 19.1. The highest BCUT2D eigenvalue weighted by atomic mass is 35.5. The predicted octanol–water partition coefficient (Wildman–Crippen LogP) is 5.12. The Hall–Kier alpha value is -0.550. The SMILES string of the molecule is CCCCSCCN1C(=S)CC[C@@H]1/C=C/[C@@H](O)Cc1cccc(Cl)c1. The van der Waals surface area contributed by atoms with Gasteiger partial charge in [-0.3, -0.25) is 0 Å². The zero-order chi connectivity index (χ0) is 18.1. The first-order valence-electron chi connectivity index (χ1n) is 9.08. The summed E-state index contributed by atoms with van der Waals surface area (Å²) in [5.41, 5.74) is 1.05. The molecule has 0 spiro atoms. The average Bonchev–Trinajstić information content (AvgIpc) is 2.93. The van der Waals surface area contributed by atoms with Crippen LogP contribution in [0.3, 0.4) is 0 Å². The first-order chi connectivity index (χ1) is 12.1. The number of thioether (sulfide) groups is 1. The van der Waals surface area contributed by atoms with Crippen LogP contribution in [0.5, 0.6) is 0 Å². The van der Waals surface area contributed by atoms with Crippen molar-refractivity contribution in [1.82, 2.24) is 4.90 Å². The second-order valence-corrected chi connectivity index (χ2v) is 8.58. The van der Waals surface area contributed by atoms with Gasteiger partial charge in [0.1, 0.15) is 0 Å². The van der Waals surface area contributed by atoms with Crippen molar-refractivity contribution in [3.63, 3.8) is 0 Å². The Morgan fingerprint density at radius 3 is 3.04 bits per heavy atom. The van der Waals surface area contributed by atoms with E-state index >= 15 is 0 Å². The molecule has 5 heteroatoms. The van der Waals surface area contributed by atoms with E-state index in [1.54, 1.807) is 0 Å². The lowest BCUT2D eigenvalue weighted by Crippen LogP contribution is -2.33. The van der Waals surface area contributed by atoms with Crippen molar-refractivity contribution in [3.05, 3.63) is 47.0 Å². The number of likely N-dealkylation sites (tertiary alicyclic amines) is 1. The van der Waals surface area contributed by atoms with Crippen LogP contribution in [0.25, 0.3) is 0 Å². The quantitative estimate of drug-likeness (QED) is 0.336. The van der Waals surface area contributed by atoms with Gasteiger partial charge >= 0.3 is 0 Å². The molecule has 0 saturated carbocycles. The van der Waals surface area contributed by atoms with Crippen molar-refractivity contribution in [1.29, 1.82) is 0 Å². The number of unbranched alkanes of at least 4 members (excludes halogenated alkanes) is 1. The number of aliphatic hydroxyl groups is 1. The average molecular weight is 398 g/mol. The summed E-state index contributed by atoms with van der Waals surface area (Å²) in [5, 5.41) is 11.0. The summed E-state index contributed by atoms with van der Waals surface area (Å²) in [7, 11) is 0. The van der Waals surface area contributed by atoms with Crippen molar-refractivity contribution in [2.45, 2.75) is 51.2 Å². The highest BCUT2D eigenvalue weighted by Crippen LogP contribution is 2.22. The van der Waals surface area contributed by atoms with Crippen molar-refractivity contribution < 1.29 is 5.11 Å². The van der Waals surface area contributed by atoms with Crippen molar-refractivity contribution in [2.75, 3.05) is 18.1 Å². The minimum absolute atomic E-state index is 0.327. The molecular formula is C20H28ClNOS2. The number of thiocarbonyl (C=S) groups is 1. The van der Waals surface area contributed by atoms with Gasteiger partial charge in [-0.25, -0.2) is 0 Å². The molecule has 1 aromatic rings. The van der Waals surface area contributed by atoms with Gasteiger partial charge in [-0.15, -0.1) is 0 Å². The number of benzene rings is 1. The van der Waals surface area contributed by atoms with E-state index in [0.29, 0.717) is 17.5 Å². The van der Waals surface area contributed by atoms with Crippen LogP contribution in [-0.2, 0) is 6.42 Å². The molecule has 1 fully saturated rings. The Bertz CT molecular complexity index is 579. The van der Waals surface area contributed by atoms with Gasteiger partial charge in [-0.05, 0) is 36.3 Å². The van der Waals surface area contributed by atoms with Gasteiger partial charge < -0.3 is 10.0 Å². The summed E-state index contributed by atoms with van der Waals surface area (Å²) < 4.78 is 0. The summed E-state index contributed by atoms with van der Waals surface area (Å²) in [5.74, 6) is 2.35. The lowest BCUT2D eigenvalue weighted by Gasteiger charge is -2.24. The van der Waals surface area contributed by atoms with Crippen molar-refractivity contribution in [2.24, 2.45) is 0 Å². The molecule has 1 heterocycles. The fourth-order valence-corrected chi connectivity index (χ4v) is 4.57. The van der Waals surface area contributed by atoms with Crippen LogP contribution in [0, 0.1) is 0 Å². The van der Waals surface area contributed by atoms with Gasteiger partial charge in [0, 0.05) is 36.2 Å². The van der Waals surface area contributed by atoms with E-state index in [1.807, 2.05) is 42.1 Å². The van der Waals surface area contributed by atoms with E-state index in [1.165, 1.54) is 18.6 Å². The van der Waals surface area contributed by atoms with Gasteiger partial charge in [0.25, 0.3) is 0 Å². The summed E-state index contributed by atoms with van der Waals surface area (Å²) in [6.07, 6.45) is 8.71. The molecule has 0 aliphatic carbocycles. The van der Waals surface area contributed by atoms with E-state index in [0.717, 1.165) is 35.7 Å². The molecule has 25 heavy (non-hydrogen) atoms. The maximum atomic E-state index is 10.3. The van der Waals surface area contributed by atoms with E-state index in [4.69, 9.17) is 23.8 Å². The summed E-state index contributed by atoms with van der Waals surface area (Å²) in [6, 6.07) is 7.99. The fourth-order valence-electron chi connectivity index (χ4n) is 2.99. The Kier molecular flexibility index (Phi) is 9.32.